The second-order valence-electron chi connectivity index (χ2n) is 12.3. The minimum absolute atomic E-state index is 0.0937. The van der Waals surface area contributed by atoms with Gasteiger partial charge in [-0.2, -0.15) is 0 Å². The number of carbonyl (C=O) groups is 3. The number of hydrogen-bond donors (Lipinski definition) is 2. The maximum atomic E-state index is 13.3. The van der Waals surface area contributed by atoms with Crippen molar-refractivity contribution in [3.8, 4) is 0 Å². The van der Waals surface area contributed by atoms with Gasteiger partial charge in [-0.15, -0.1) is 11.3 Å². The molecule has 2 N–H and O–H groups in total. The summed E-state index contributed by atoms with van der Waals surface area (Å²) in [5.74, 6) is -1.82. The molecule has 0 saturated heterocycles. The quantitative estimate of drug-likeness (QED) is 0.223. The van der Waals surface area contributed by atoms with E-state index >= 15 is 0 Å². The van der Waals surface area contributed by atoms with E-state index in [2.05, 4.69) is 16.9 Å². The molecule has 10 heteroatoms. The second kappa shape index (κ2) is 15.8. The Hall–Kier alpha value is -3.24. The molecule has 2 amide bonds. The van der Waals surface area contributed by atoms with Crippen LogP contribution < -0.4 is 5.32 Å². The van der Waals surface area contributed by atoms with E-state index in [1.165, 1.54) is 11.3 Å². The molecule has 42 heavy (non-hydrogen) atoms. The summed E-state index contributed by atoms with van der Waals surface area (Å²) in [4.78, 5) is 44.0. The summed E-state index contributed by atoms with van der Waals surface area (Å²) in [5, 5.41) is 14.8. The highest BCUT2D eigenvalue weighted by Gasteiger charge is 2.32. The van der Waals surface area contributed by atoms with Gasteiger partial charge in [0.15, 0.2) is 0 Å². The number of carboxylic acids is 1. The fourth-order valence-corrected chi connectivity index (χ4v) is 5.33. The van der Waals surface area contributed by atoms with Gasteiger partial charge in [-0.1, -0.05) is 63.3 Å². The van der Waals surface area contributed by atoms with E-state index in [4.69, 9.17) is 9.47 Å². The molecule has 2 aromatic rings. The van der Waals surface area contributed by atoms with Crippen LogP contribution in [0.2, 0.25) is 0 Å². The predicted molar refractivity (Wildman–Crippen MR) is 166 cm³/mol. The molecule has 4 unspecified atom stereocenters. The van der Waals surface area contributed by atoms with Crippen molar-refractivity contribution in [2.24, 2.45) is 11.8 Å². The molecular formula is C32H47N3O6S. The van der Waals surface area contributed by atoms with Gasteiger partial charge >= 0.3 is 12.1 Å². The Morgan fingerprint density at radius 3 is 2.31 bits per heavy atom. The van der Waals surface area contributed by atoms with E-state index in [1.54, 1.807) is 24.3 Å². The average Bonchev–Trinajstić information content (AvgIpc) is 3.38. The lowest BCUT2D eigenvalue weighted by molar-refractivity contribution is -0.141. The SMILES string of the molecule is C=C(C)COC(CC(C(C)C)N(C)C(=O)OC(C)(C)C)c1nc(C(=O)NC(Cc2ccccc2)CC(C)C(=O)O)cs1. The number of carbonyl (C=O) groups excluding carboxylic acids is 2. The van der Waals surface area contributed by atoms with Crippen molar-refractivity contribution in [2.45, 2.75) is 91.5 Å². The number of hydrogen-bond acceptors (Lipinski definition) is 7. The van der Waals surface area contributed by atoms with Crippen molar-refractivity contribution < 1.29 is 29.0 Å². The highest BCUT2D eigenvalue weighted by Crippen LogP contribution is 2.31. The van der Waals surface area contributed by atoms with E-state index < -0.39 is 29.7 Å². The molecule has 0 spiro atoms. The van der Waals surface area contributed by atoms with Gasteiger partial charge in [0.1, 0.15) is 22.4 Å². The lowest BCUT2D eigenvalue weighted by Crippen LogP contribution is -2.44. The molecule has 0 fully saturated rings. The van der Waals surface area contributed by atoms with Crippen LogP contribution in [0, 0.1) is 11.8 Å². The summed E-state index contributed by atoms with van der Waals surface area (Å²) < 4.78 is 11.8. The molecule has 1 aromatic heterocycles. The Balaban J connectivity index is 2.27. The van der Waals surface area contributed by atoms with Crippen LogP contribution in [0.4, 0.5) is 4.79 Å². The molecule has 0 aliphatic heterocycles. The predicted octanol–water partition coefficient (Wildman–Crippen LogP) is 6.51. The van der Waals surface area contributed by atoms with Crippen molar-refractivity contribution in [1.82, 2.24) is 15.2 Å². The van der Waals surface area contributed by atoms with E-state index in [-0.39, 0.29) is 36.0 Å². The smallest absolute Gasteiger partial charge is 0.410 e. The van der Waals surface area contributed by atoms with Crippen LogP contribution >= 0.6 is 11.3 Å². The van der Waals surface area contributed by atoms with E-state index in [9.17, 15) is 19.5 Å². The highest BCUT2D eigenvalue weighted by atomic mass is 32.1. The van der Waals surface area contributed by atoms with Crippen molar-refractivity contribution in [3.63, 3.8) is 0 Å². The number of aliphatic carboxylic acids is 1. The van der Waals surface area contributed by atoms with Gasteiger partial charge in [0.2, 0.25) is 0 Å². The van der Waals surface area contributed by atoms with Gasteiger partial charge < -0.3 is 24.8 Å². The van der Waals surface area contributed by atoms with Crippen LogP contribution in [0.25, 0.3) is 0 Å². The average molecular weight is 602 g/mol. The van der Waals surface area contributed by atoms with Crippen molar-refractivity contribution in [3.05, 3.63) is 64.1 Å². The Kier molecular flexibility index (Phi) is 13.2. The first-order chi connectivity index (χ1) is 19.6. The third kappa shape index (κ3) is 11.6. The van der Waals surface area contributed by atoms with Crippen molar-refractivity contribution in [1.29, 1.82) is 0 Å². The van der Waals surface area contributed by atoms with Crippen LogP contribution in [0.5, 0.6) is 0 Å². The number of thiazole rings is 1. The van der Waals surface area contributed by atoms with Gasteiger partial charge in [0, 0.05) is 30.9 Å². The van der Waals surface area contributed by atoms with Gasteiger partial charge in [-0.05, 0) is 52.0 Å². The van der Waals surface area contributed by atoms with Crippen molar-refractivity contribution >= 4 is 29.3 Å². The number of ether oxygens (including phenoxy) is 2. The topological polar surface area (TPSA) is 118 Å². The van der Waals surface area contributed by atoms with Gasteiger partial charge in [0.05, 0.1) is 12.5 Å². The van der Waals surface area contributed by atoms with Crippen molar-refractivity contribution in [2.75, 3.05) is 13.7 Å². The summed E-state index contributed by atoms with van der Waals surface area (Å²) in [6.07, 6.45) is 0.321. The summed E-state index contributed by atoms with van der Waals surface area (Å²) in [7, 11) is 1.72. The van der Waals surface area contributed by atoms with Crippen LogP contribution in [0.1, 0.15) is 88.5 Å². The summed E-state index contributed by atoms with van der Waals surface area (Å²) in [6, 6.07) is 9.04. The third-order valence-corrected chi connectivity index (χ3v) is 7.62. The zero-order chi connectivity index (χ0) is 31.6. The molecule has 0 aliphatic rings. The molecular weight excluding hydrogens is 554 g/mol. The molecule has 1 heterocycles. The summed E-state index contributed by atoms with van der Waals surface area (Å²) in [6.45, 7) is 17.3. The van der Waals surface area contributed by atoms with Crippen LogP contribution in [-0.2, 0) is 20.7 Å². The highest BCUT2D eigenvalue weighted by molar-refractivity contribution is 7.09. The van der Waals surface area contributed by atoms with E-state index in [0.717, 1.165) is 11.1 Å². The Morgan fingerprint density at radius 2 is 1.76 bits per heavy atom. The van der Waals surface area contributed by atoms with Crippen LogP contribution in [0.3, 0.4) is 0 Å². The molecule has 9 nitrogen and oxygen atoms in total. The number of carboxylic acid groups (broad SMARTS) is 1. The maximum Gasteiger partial charge on any atom is 0.410 e. The summed E-state index contributed by atoms with van der Waals surface area (Å²) in [5.41, 5.74) is 1.46. The van der Waals surface area contributed by atoms with Gasteiger partial charge in [0.25, 0.3) is 5.91 Å². The molecule has 2 rings (SSSR count). The monoisotopic (exact) mass is 601 g/mol. The van der Waals surface area contributed by atoms with Gasteiger partial charge in [-0.25, -0.2) is 9.78 Å². The Bertz CT molecular complexity index is 1190. The van der Waals surface area contributed by atoms with Crippen LogP contribution in [-0.4, -0.2) is 64.3 Å². The number of nitrogens with one attached hydrogen (secondary N) is 1. The number of amides is 2. The third-order valence-electron chi connectivity index (χ3n) is 6.68. The molecule has 0 saturated carbocycles. The molecule has 0 bridgehead atoms. The molecule has 0 aliphatic carbocycles. The molecule has 0 radical (unpaired) electrons. The second-order valence-corrected chi connectivity index (χ2v) is 13.2. The first kappa shape index (κ1) is 35.0. The molecule has 232 valence electrons. The minimum Gasteiger partial charge on any atom is -0.481 e. The van der Waals surface area contributed by atoms with E-state index in [0.29, 0.717) is 24.5 Å². The first-order valence-electron chi connectivity index (χ1n) is 14.3. The molecule has 4 atom stereocenters. The van der Waals surface area contributed by atoms with Gasteiger partial charge in [-0.3, -0.25) is 9.59 Å². The number of benzene rings is 1. The first-order valence-corrected chi connectivity index (χ1v) is 15.2. The number of nitrogens with zero attached hydrogens (tertiary/aromatic N) is 2. The fourth-order valence-electron chi connectivity index (χ4n) is 4.47. The fraction of sp³-hybridized carbons (Fsp3) is 0.562. The van der Waals surface area contributed by atoms with E-state index in [1.807, 2.05) is 71.9 Å². The largest absolute Gasteiger partial charge is 0.481 e. The Labute approximate surface area is 254 Å². The zero-order valence-electron chi connectivity index (χ0n) is 26.2. The summed E-state index contributed by atoms with van der Waals surface area (Å²) >= 11 is 1.32. The Morgan fingerprint density at radius 1 is 1.12 bits per heavy atom. The van der Waals surface area contributed by atoms with Crippen LogP contribution in [0.15, 0.2) is 47.9 Å². The molecule has 1 aromatic carbocycles. The minimum atomic E-state index is -0.910. The number of rotatable bonds is 15. The maximum absolute atomic E-state index is 13.3. The zero-order valence-corrected chi connectivity index (χ0v) is 27.0. The lowest BCUT2D eigenvalue weighted by atomic mass is 9.96. The standard InChI is InChI=1S/C32H47N3O6S/c1-20(2)18-40-27(17-26(21(3)4)35(9)31(39)41-32(6,7)8)29-34-25(19-42-29)28(36)33-24(15-22(5)30(37)38)16-23-13-11-10-12-14-23/h10-14,19,21-22,24,26-27H,1,15-18H2,2-9H3,(H,33,36)(H,37,38). The normalized spacial score (nSPS) is 14.5. The lowest BCUT2D eigenvalue weighted by Gasteiger charge is -2.34. The number of aromatic nitrogens is 1.